The number of Topliss-reactive ketones (excluding diaryl/α,β-unsaturated/α-hetero) is 1. The lowest BCUT2D eigenvalue weighted by Crippen LogP contribution is -2.28. The van der Waals surface area contributed by atoms with Crippen molar-refractivity contribution in [1.82, 2.24) is 4.57 Å². The van der Waals surface area contributed by atoms with Gasteiger partial charge in [-0.3, -0.25) is 4.79 Å². The minimum Gasteiger partial charge on any atom is -0.494 e. The van der Waals surface area contributed by atoms with Crippen LogP contribution < -0.4 is 4.74 Å². The number of ketones is 1. The first-order valence-electron chi connectivity index (χ1n) is 9.07. The topological polar surface area (TPSA) is 31.2 Å². The zero-order valence-corrected chi connectivity index (χ0v) is 17.3. The Morgan fingerprint density at radius 2 is 1.67 bits per heavy atom. The van der Waals surface area contributed by atoms with Gasteiger partial charge in [-0.1, -0.05) is 60.1 Å². The number of hydrogen-bond donors (Lipinski definition) is 0. The highest BCUT2D eigenvalue weighted by Crippen LogP contribution is 2.46. The molecular formula is C23H22BrNO2. The van der Waals surface area contributed by atoms with E-state index < -0.39 is 0 Å². The van der Waals surface area contributed by atoms with E-state index in [1.165, 1.54) is 0 Å². The summed E-state index contributed by atoms with van der Waals surface area (Å²) in [5.41, 5.74) is 4.71. The molecule has 4 rings (SSSR count). The minimum absolute atomic E-state index is 0.0749. The number of hydrogen-bond acceptors (Lipinski definition) is 2. The van der Waals surface area contributed by atoms with Gasteiger partial charge in [0.15, 0.2) is 11.5 Å². The molecule has 3 aromatic rings. The molecule has 0 unspecified atom stereocenters. The molecule has 0 radical (unpaired) electrons. The van der Waals surface area contributed by atoms with Crippen LogP contribution in [0.2, 0.25) is 0 Å². The third kappa shape index (κ3) is 3.12. The highest BCUT2D eigenvalue weighted by atomic mass is 79.9. The van der Waals surface area contributed by atoms with Gasteiger partial charge in [0.2, 0.25) is 0 Å². The van der Waals surface area contributed by atoms with Crippen LogP contribution in [0.15, 0.2) is 59.1 Å². The predicted molar refractivity (Wildman–Crippen MR) is 112 cm³/mol. The van der Waals surface area contributed by atoms with Gasteiger partial charge in [-0.15, -0.1) is 0 Å². The second kappa shape index (κ2) is 6.68. The lowest BCUT2D eigenvalue weighted by atomic mass is 9.76. The predicted octanol–water partition coefficient (Wildman–Crippen LogP) is 6.07. The number of benzene rings is 2. The molecule has 2 aromatic carbocycles. The maximum absolute atomic E-state index is 13.1. The number of rotatable bonds is 3. The summed E-state index contributed by atoms with van der Waals surface area (Å²) >= 11 is 3.51. The van der Waals surface area contributed by atoms with Crippen LogP contribution in [-0.4, -0.2) is 17.5 Å². The van der Waals surface area contributed by atoms with E-state index in [2.05, 4.69) is 58.6 Å². The Balaban J connectivity index is 2.09. The van der Waals surface area contributed by atoms with Crippen LogP contribution >= 0.6 is 15.9 Å². The van der Waals surface area contributed by atoms with Crippen LogP contribution in [0.1, 0.15) is 36.3 Å². The number of halogens is 1. The van der Waals surface area contributed by atoms with Crippen molar-refractivity contribution in [3.05, 3.63) is 70.3 Å². The van der Waals surface area contributed by atoms with Crippen molar-refractivity contribution in [1.29, 1.82) is 0 Å². The van der Waals surface area contributed by atoms with Crippen molar-refractivity contribution in [2.45, 2.75) is 26.7 Å². The summed E-state index contributed by atoms with van der Waals surface area (Å²) < 4.78 is 9.04. The first-order valence-corrected chi connectivity index (χ1v) is 9.87. The van der Waals surface area contributed by atoms with Crippen LogP contribution in [0, 0.1) is 5.41 Å². The van der Waals surface area contributed by atoms with Gasteiger partial charge in [-0.25, -0.2) is 0 Å². The SMILES string of the molecule is COc1c2c(n(-c3ccc(Br)cc3)c1-c1ccccc1)CC(C)(C)CC2=O. The molecule has 0 aliphatic heterocycles. The van der Waals surface area contributed by atoms with Gasteiger partial charge in [0.1, 0.15) is 0 Å². The lowest BCUT2D eigenvalue weighted by molar-refractivity contribution is 0.0908. The quantitative estimate of drug-likeness (QED) is 0.511. The monoisotopic (exact) mass is 423 g/mol. The Hall–Kier alpha value is -2.33. The maximum atomic E-state index is 13.1. The van der Waals surface area contributed by atoms with Crippen molar-refractivity contribution in [2.75, 3.05) is 7.11 Å². The summed E-state index contributed by atoms with van der Waals surface area (Å²) in [7, 11) is 1.65. The largest absolute Gasteiger partial charge is 0.494 e. The van der Waals surface area contributed by atoms with E-state index in [0.717, 1.165) is 39.1 Å². The van der Waals surface area contributed by atoms with Crippen molar-refractivity contribution in [2.24, 2.45) is 5.41 Å². The molecule has 1 aromatic heterocycles. The van der Waals surface area contributed by atoms with Crippen LogP contribution in [0.25, 0.3) is 16.9 Å². The molecule has 1 heterocycles. The molecule has 27 heavy (non-hydrogen) atoms. The Kier molecular flexibility index (Phi) is 4.47. The van der Waals surface area contributed by atoms with Crippen LogP contribution in [0.4, 0.5) is 0 Å². The zero-order chi connectivity index (χ0) is 19.2. The number of carbonyl (C=O) groups is 1. The molecule has 0 amide bonds. The average molecular weight is 424 g/mol. The summed E-state index contributed by atoms with van der Waals surface area (Å²) in [5, 5.41) is 0. The minimum atomic E-state index is -0.0749. The first-order chi connectivity index (χ1) is 12.9. The van der Waals surface area contributed by atoms with Gasteiger partial charge in [0, 0.05) is 27.8 Å². The summed E-state index contributed by atoms with van der Waals surface area (Å²) in [5.74, 6) is 0.839. The number of aromatic nitrogens is 1. The molecule has 1 aliphatic rings. The fourth-order valence-electron chi connectivity index (χ4n) is 4.02. The van der Waals surface area contributed by atoms with Gasteiger partial charge >= 0.3 is 0 Å². The molecule has 0 saturated carbocycles. The van der Waals surface area contributed by atoms with Gasteiger partial charge in [-0.2, -0.15) is 0 Å². The molecule has 1 aliphatic carbocycles. The van der Waals surface area contributed by atoms with E-state index in [-0.39, 0.29) is 11.2 Å². The molecule has 0 fully saturated rings. The molecule has 0 saturated heterocycles. The molecule has 138 valence electrons. The van der Waals surface area contributed by atoms with E-state index in [9.17, 15) is 4.79 Å². The molecule has 4 heteroatoms. The normalized spacial score (nSPS) is 15.5. The second-order valence-corrected chi connectivity index (χ2v) is 8.74. The fourth-order valence-corrected chi connectivity index (χ4v) is 4.29. The summed E-state index contributed by atoms with van der Waals surface area (Å²) in [6.07, 6.45) is 1.36. The summed E-state index contributed by atoms with van der Waals surface area (Å²) in [4.78, 5) is 13.1. The highest BCUT2D eigenvalue weighted by Gasteiger charge is 2.38. The van der Waals surface area contributed by atoms with Gasteiger partial charge in [-0.05, 0) is 36.1 Å². The molecule has 3 nitrogen and oxygen atoms in total. The van der Waals surface area contributed by atoms with Gasteiger partial charge < -0.3 is 9.30 Å². The Labute approximate surface area is 168 Å². The number of fused-ring (bicyclic) bond motifs is 1. The number of methoxy groups -OCH3 is 1. The molecule has 0 atom stereocenters. The number of carbonyl (C=O) groups excluding carboxylic acids is 1. The van der Waals surface area contributed by atoms with E-state index in [1.54, 1.807) is 7.11 Å². The van der Waals surface area contributed by atoms with Crippen molar-refractivity contribution >= 4 is 21.7 Å². The highest BCUT2D eigenvalue weighted by molar-refractivity contribution is 9.10. The van der Waals surface area contributed by atoms with Crippen molar-refractivity contribution in [3.8, 4) is 22.7 Å². The van der Waals surface area contributed by atoms with E-state index >= 15 is 0 Å². The van der Waals surface area contributed by atoms with Crippen LogP contribution in [0.3, 0.4) is 0 Å². The van der Waals surface area contributed by atoms with Crippen molar-refractivity contribution in [3.63, 3.8) is 0 Å². The maximum Gasteiger partial charge on any atom is 0.169 e. The fraction of sp³-hybridized carbons (Fsp3) is 0.261. The standard InChI is InChI=1S/C23H22BrNO2/c1-23(2)13-18-20(19(26)14-23)22(27-3)21(15-7-5-4-6-8-15)25(18)17-11-9-16(24)10-12-17/h4-12H,13-14H2,1-3H3. The molecule has 0 N–H and O–H groups in total. The smallest absolute Gasteiger partial charge is 0.169 e. The van der Waals surface area contributed by atoms with Crippen molar-refractivity contribution < 1.29 is 9.53 Å². The molecular weight excluding hydrogens is 402 g/mol. The molecule has 0 bridgehead atoms. The Morgan fingerprint density at radius 3 is 2.30 bits per heavy atom. The van der Waals surface area contributed by atoms with Crippen LogP contribution in [0.5, 0.6) is 5.75 Å². The van der Waals surface area contributed by atoms with E-state index in [4.69, 9.17) is 4.74 Å². The average Bonchev–Trinajstić information content (AvgIpc) is 2.96. The summed E-state index contributed by atoms with van der Waals surface area (Å²) in [6, 6.07) is 18.3. The number of ether oxygens (including phenoxy) is 1. The Bertz CT molecular complexity index is 1000. The van der Waals surface area contributed by atoms with E-state index in [0.29, 0.717) is 12.2 Å². The zero-order valence-electron chi connectivity index (χ0n) is 15.8. The third-order valence-electron chi connectivity index (χ3n) is 5.12. The lowest BCUT2D eigenvalue weighted by Gasteiger charge is -2.29. The second-order valence-electron chi connectivity index (χ2n) is 7.82. The number of nitrogens with zero attached hydrogens (tertiary/aromatic N) is 1. The van der Waals surface area contributed by atoms with Gasteiger partial charge in [0.25, 0.3) is 0 Å². The summed E-state index contributed by atoms with van der Waals surface area (Å²) in [6.45, 7) is 4.31. The Morgan fingerprint density at radius 1 is 1.00 bits per heavy atom. The molecule has 0 spiro atoms. The van der Waals surface area contributed by atoms with E-state index in [1.807, 2.05) is 30.3 Å². The third-order valence-corrected chi connectivity index (χ3v) is 5.65. The first kappa shape index (κ1) is 18.1. The van der Waals surface area contributed by atoms with Crippen LogP contribution in [-0.2, 0) is 6.42 Å². The van der Waals surface area contributed by atoms with Gasteiger partial charge in [0.05, 0.1) is 18.4 Å².